The lowest BCUT2D eigenvalue weighted by Gasteiger charge is -1.98. The number of primary amides is 1. The molecule has 0 saturated carbocycles. The summed E-state index contributed by atoms with van der Waals surface area (Å²) in [6.45, 7) is 2.05. The number of aromatic amines is 1. The number of carbonyl (C=O) groups excluding carboxylic acids is 1. The van der Waals surface area contributed by atoms with E-state index >= 15 is 0 Å². The van der Waals surface area contributed by atoms with Crippen LogP contribution in [0.1, 0.15) is 18.2 Å². The number of nitrogens with two attached hydrogens (primary N) is 1. The van der Waals surface area contributed by atoms with Gasteiger partial charge in [0.2, 0.25) is 5.91 Å². The average Bonchev–Trinajstić information content (AvgIpc) is 2.53. The lowest BCUT2D eigenvalue weighted by atomic mass is 10.1. The lowest BCUT2D eigenvalue weighted by molar-refractivity contribution is -0.117. The van der Waals surface area contributed by atoms with Gasteiger partial charge in [-0.3, -0.25) is 4.79 Å². The molecule has 0 spiro atoms. The van der Waals surface area contributed by atoms with E-state index in [2.05, 4.69) is 4.98 Å². The van der Waals surface area contributed by atoms with Gasteiger partial charge >= 0.3 is 0 Å². The monoisotopic (exact) mass is 236 g/mol. The molecule has 1 amide bonds. The molecular formula is C12H13ClN2O. The minimum atomic E-state index is -0.327. The van der Waals surface area contributed by atoms with Crippen molar-refractivity contribution in [1.82, 2.24) is 4.98 Å². The molecule has 0 aliphatic carbocycles. The molecule has 0 aliphatic rings. The number of amides is 1. The summed E-state index contributed by atoms with van der Waals surface area (Å²) in [6, 6.07) is 5.66. The first-order valence-corrected chi connectivity index (χ1v) is 5.57. The summed E-state index contributed by atoms with van der Waals surface area (Å²) in [5, 5.41) is 1.78. The van der Waals surface area contributed by atoms with Crippen molar-refractivity contribution < 1.29 is 4.79 Å². The first-order chi connectivity index (χ1) is 7.61. The Morgan fingerprint density at radius 2 is 2.25 bits per heavy atom. The van der Waals surface area contributed by atoms with Gasteiger partial charge in [-0.05, 0) is 30.2 Å². The Morgan fingerprint density at radius 1 is 1.50 bits per heavy atom. The number of hydrogen-bond donors (Lipinski definition) is 2. The van der Waals surface area contributed by atoms with Gasteiger partial charge in [0.05, 0.1) is 6.42 Å². The van der Waals surface area contributed by atoms with Crippen molar-refractivity contribution in [3.05, 3.63) is 34.5 Å². The van der Waals surface area contributed by atoms with E-state index in [1.54, 1.807) is 0 Å². The highest BCUT2D eigenvalue weighted by molar-refractivity contribution is 6.31. The van der Waals surface area contributed by atoms with E-state index in [1.807, 2.05) is 25.1 Å². The predicted octanol–water partition coefficient (Wildman–Crippen LogP) is 2.41. The maximum atomic E-state index is 11.0. The van der Waals surface area contributed by atoms with E-state index in [4.69, 9.17) is 17.3 Å². The summed E-state index contributed by atoms with van der Waals surface area (Å²) in [6.07, 6.45) is 1.10. The van der Waals surface area contributed by atoms with Gasteiger partial charge < -0.3 is 10.7 Å². The Kier molecular flexibility index (Phi) is 2.88. The standard InChI is InChI=1S/C12H13ClN2O/c1-2-8-9-5-7(13)3-4-10(9)15-11(8)6-12(14)16/h3-5,15H,2,6H2,1H3,(H2,14,16). The van der Waals surface area contributed by atoms with Crippen LogP contribution >= 0.6 is 11.6 Å². The fourth-order valence-corrected chi connectivity index (χ4v) is 2.18. The number of aromatic nitrogens is 1. The average molecular weight is 237 g/mol. The molecule has 0 atom stereocenters. The first-order valence-electron chi connectivity index (χ1n) is 5.19. The van der Waals surface area contributed by atoms with Gasteiger partial charge in [0.25, 0.3) is 0 Å². The maximum absolute atomic E-state index is 11.0. The fraction of sp³-hybridized carbons (Fsp3) is 0.250. The van der Waals surface area contributed by atoms with Crippen molar-refractivity contribution in [3.8, 4) is 0 Å². The fourth-order valence-electron chi connectivity index (χ4n) is 2.00. The number of fused-ring (bicyclic) bond motifs is 1. The van der Waals surface area contributed by atoms with E-state index in [1.165, 1.54) is 0 Å². The van der Waals surface area contributed by atoms with Crippen LogP contribution in [0, 0.1) is 0 Å². The molecule has 0 unspecified atom stereocenters. The van der Waals surface area contributed by atoms with Gasteiger partial charge in [-0.1, -0.05) is 18.5 Å². The summed E-state index contributed by atoms with van der Waals surface area (Å²) >= 11 is 5.96. The Labute approximate surface area is 98.6 Å². The van der Waals surface area contributed by atoms with Crippen LogP contribution in [0.3, 0.4) is 0 Å². The molecular weight excluding hydrogens is 224 g/mol. The van der Waals surface area contributed by atoms with Crippen LogP contribution in [0.5, 0.6) is 0 Å². The van der Waals surface area contributed by atoms with Crippen LogP contribution < -0.4 is 5.73 Å². The third kappa shape index (κ3) is 1.91. The van der Waals surface area contributed by atoms with Crippen molar-refractivity contribution >= 4 is 28.4 Å². The van der Waals surface area contributed by atoms with Crippen molar-refractivity contribution in [2.75, 3.05) is 0 Å². The molecule has 0 fully saturated rings. The molecule has 1 heterocycles. The summed E-state index contributed by atoms with van der Waals surface area (Å²) < 4.78 is 0. The minimum Gasteiger partial charge on any atom is -0.369 e. The Balaban J connectivity index is 2.62. The van der Waals surface area contributed by atoms with Gasteiger partial charge in [0.1, 0.15) is 0 Å². The summed E-state index contributed by atoms with van der Waals surface area (Å²) in [5.74, 6) is -0.327. The summed E-state index contributed by atoms with van der Waals surface area (Å²) in [7, 11) is 0. The smallest absolute Gasteiger partial charge is 0.223 e. The molecule has 0 aliphatic heterocycles. The molecule has 1 aromatic heterocycles. The molecule has 16 heavy (non-hydrogen) atoms. The molecule has 1 aromatic carbocycles. The second kappa shape index (κ2) is 4.18. The quantitative estimate of drug-likeness (QED) is 0.845. The Morgan fingerprint density at radius 3 is 2.88 bits per heavy atom. The number of nitrogens with one attached hydrogen (secondary N) is 1. The Hall–Kier alpha value is -1.48. The van der Waals surface area contributed by atoms with Crippen molar-refractivity contribution in [1.29, 1.82) is 0 Å². The first kappa shape index (κ1) is 11.0. The topological polar surface area (TPSA) is 58.9 Å². The molecule has 2 aromatic rings. The van der Waals surface area contributed by atoms with E-state index in [-0.39, 0.29) is 12.3 Å². The zero-order valence-electron chi connectivity index (χ0n) is 9.01. The summed E-state index contributed by atoms with van der Waals surface area (Å²) in [4.78, 5) is 14.2. The highest BCUT2D eigenvalue weighted by Gasteiger charge is 2.11. The van der Waals surface area contributed by atoms with Gasteiger partial charge in [-0.2, -0.15) is 0 Å². The molecule has 3 nitrogen and oxygen atoms in total. The zero-order chi connectivity index (χ0) is 11.7. The zero-order valence-corrected chi connectivity index (χ0v) is 9.77. The van der Waals surface area contributed by atoms with Gasteiger partial charge in [-0.15, -0.1) is 0 Å². The van der Waals surface area contributed by atoms with Crippen molar-refractivity contribution in [3.63, 3.8) is 0 Å². The van der Waals surface area contributed by atoms with Gasteiger partial charge in [0, 0.05) is 21.6 Å². The van der Waals surface area contributed by atoms with E-state index in [0.29, 0.717) is 5.02 Å². The van der Waals surface area contributed by atoms with E-state index in [9.17, 15) is 4.79 Å². The molecule has 84 valence electrons. The third-order valence-electron chi connectivity index (χ3n) is 2.66. The number of halogens is 1. The number of rotatable bonds is 3. The highest BCUT2D eigenvalue weighted by Crippen LogP contribution is 2.26. The van der Waals surface area contributed by atoms with E-state index in [0.717, 1.165) is 28.6 Å². The van der Waals surface area contributed by atoms with E-state index < -0.39 is 0 Å². The molecule has 0 bridgehead atoms. The van der Waals surface area contributed by atoms with Crippen LogP contribution in [0.15, 0.2) is 18.2 Å². The van der Waals surface area contributed by atoms with Crippen LogP contribution in [0.25, 0.3) is 10.9 Å². The predicted molar refractivity (Wildman–Crippen MR) is 65.6 cm³/mol. The van der Waals surface area contributed by atoms with Crippen LogP contribution in [0.2, 0.25) is 5.02 Å². The van der Waals surface area contributed by atoms with Crippen LogP contribution in [-0.4, -0.2) is 10.9 Å². The Bertz CT molecular complexity index is 545. The summed E-state index contributed by atoms with van der Waals surface area (Å²) in [5.41, 5.74) is 8.23. The molecule has 0 saturated heterocycles. The van der Waals surface area contributed by atoms with Gasteiger partial charge in [0.15, 0.2) is 0 Å². The largest absolute Gasteiger partial charge is 0.369 e. The number of hydrogen-bond acceptors (Lipinski definition) is 1. The number of carbonyl (C=O) groups is 1. The number of benzene rings is 1. The second-order valence-electron chi connectivity index (χ2n) is 3.77. The van der Waals surface area contributed by atoms with Gasteiger partial charge in [-0.25, -0.2) is 0 Å². The minimum absolute atomic E-state index is 0.246. The highest BCUT2D eigenvalue weighted by atomic mass is 35.5. The third-order valence-corrected chi connectivity index (χ3v) is 2.90. The number of H-pyrrole nitrogens is 1. The second-order valence-corrected chi connectivity index (χ2v) is 4.21. The van der Waals surface area contributed by atoms with Crippen molar-refractivity contribution in [2.45, 2.75) is 19.8 Å². The van der Waals surface area contributed by atoms with Crippen LogP contribution in [-0.2, 0) is 17.6 Å². The SMILES string of the molecule is CCc1c(CC(N)=O)[nH]c2ccc(Cl)cc12. The van der Waals surface area contributed by atoms with Crippen molar-refractivity contribution in [2.24, 2.45) is 5.73 Å². The number of aryl methyl sites for hydroxylation is 1. The lowest BCUT2D eigenvalue weighted by Crippen LogP contribution is -2.14. The maximum Gasteiger partial charge on any atom is 0.223 e. The normalized spacial score (nSPS) is 10.9. The molecule has 3 N–H and O–H groups in total. The van der Waals surface area contributed by atoms with Crippen LogP contribution in [0.4, 0.5) is 0 Å². The molecule has 2 rings (SSSR count). The molecule has 0 radical (unpaired) electrons. The molecule has 4 heteroatoms.